The fourth-order valence-electron chi connectivity index (χ4n) is 5.09. The number of carbonyl (C=O) groups is 1. The molecular weight excluding hydrogens is 472 g/mol. The Bertz CT molecular complexity index is 1190. The van der Waals surface area contributed by atoms with Crippen molar-refractivity contribution in [1.29, 1.82) is 5.26 Å². The van der Waals surface area contributed by atoms with Crippen LogP contribution in [0, 0.1) is 23.2 Å². The van der Waals surface area contributed by atoms with Crippen LogP contribution in [0.15, 0.2) is 60.2 Å². The molecule has 0 radical (unpaired) electrons. The van der Waals surface area contributed by atoms with E-state index in [1.165, 1.54) is 7.11 Å². The highest BCUT2D eigenvalue weighted by Gasteiger charge is 2.33. The molecule has 1 aliphatic carbocycles. The summed E-state index contributed by atoms with van der Waals surface area (Å²) in [5.74, 6) is 2.35. The van der Waals surface area contributed by atoms with Gasteiger partial charge in [-0.1, -0.05) is 13.0 Å². The van der Waals surface area contributed by atoms with Crippen LogP contribution in [0.4, 0.5) is 5.69 Å². The van der Waals surface area contributed by atoms with Gasteiger partial charge >= 0.3 is 0 Å². The van der Waals surface area contributed by atoms with Crippen molar-refractivity contribution in [3.8, 4) is 11.9 Å². The summed E-state index contributed by atoms with van der Waals surface area (Å²) in [6.07, 6.45) is 14.2. The van der Waals surface area contributed by atoms with Gasteiger partial charge in [-0.2, -0.15) is 5.26 Å². The van der Waals surface area contributed by atoms with E-state index in [-0.39, 0.29) is 17.9 Å². The summed E-state index contributed by atoms with van der Waals surface area (Å²) in [5.41, 5.74) is 2.05. The molecule has 0 spiro atoms. The first-order valence-electron chi connectivity index (χ1n) is 12.8. The molecule has 194 valence electrons. The highest BCUT2D eigenvalue weighted by molar-refractivity contribution is 5.79. The molecule has 0 aromatic carbocycles. The van der Waals surface area contributed by atoms with E-state index < -0.39 is 0 Å². The summed E-state index contributed by atoms with van der Waals surface area (Å²) in [5, 5.41) is 9.45. The molecule has 4 aliphatic rings. The van der Waals surface area contributed by atoms with Crippen molar-refractivity contribution >= 4 is 11.6 Å². The quantitative estimate of drug-likeness (QED) is 0.573. The van der Waals surface area contributed by atoms with Gasteiger partial charge in [0.25, 0.3) is 0 Å². The maximum absolute atomic E-state index is 13.0. The molecule has 0 saturated carbocycles. The number of ether oxygens (including phenoxy) is 4. The van der Waals surface area contributed by atoms with Crippen molar-refractivity contribution in [3.63, 3.8) is 0 Å². The van der Waals surface area contributed by atoms with Gasteiger partial charge in [-0.15, -0.1) is 0 Å². The van der Waals surface area contributed by atoms with E-state index >= 15 is 0 Å². The zero-order valence-corrected chi connectivity index (χ0v) is 21.3. The molecule has 1 unspecified atom stereocenters. The number of carbonyl (C=O) groups excluding carboxylic acids is 1. The molecular formula is C28H32N4O5. The van der Waals surface area contributed by atoms with Crippen LogP contribution in [0.3, 0.4) is 0 Å². The number of likely N-dealkylation sites (tertiary alicyclic amines) is 1. The van der Waals surface area contributed by atoms with Crippen LogP contribution < -0.4 is 9.64 Å². The Morgan fingerprint density at radius 3 is 2.89 bits per heavy atom. The highest BCUT2D eigenvalue weighted by Crippen LogP contribution is 2.35. The molecule has 9 heteroatoms. The Kier molecular flexibility index (Phi) is 7.47. The largest absolute Gasteiger partial charge is 0.488 e. The lowest BCUT2D eigenvalue weighted by Crippen LogP contribution is -2.37. The van der Waals surface area contributed by atoms with E-state index in [9.17, 15) is 10.1 Å². The zero-order valence-electron chi connectivity index (χ0n) is 21.3. The lowest BCUT2D eigenvalue weighted by atomic mass is 9.93. The van der Waals surface area contributed by atoms with Crippen LogP contribution in [0.1, 0.15) is 38.2 Å². The van der Waals surface area contributed by atoms with Crippen molar-refractivity contribution in [3.05, 3.63) is 65.7 Å². The molecule has 2 saturated heterocycles. The first kappa shape index (κ1) is 24.9. The van der Waals surface area contributed by atoms with E-state index in [2.05, 4.69) is 24.1 Å². The number of hydrogen-bond donors (Lipinski definition) is 0. The second kappa shape index (κ2) is 11.1. The predicted octanol–water partition coefficient (Wildman–Crippen LogP) is 4.01. The van der Waals surface area contributed by atoms with Gasteiger partial charge in [0.05, 0.1) is 31.7 Å². The summed E-state index contributed by atoms with van der Waals surface area (Å²) < 4.78 is 23.0. The minimum atomic E-state index is -0.0633. The number of aromatic nitrogens is 1. The third-order valence-corrected chi connectivity index (χ3v) is 7.14. The third kappa shape index (κ3) is 5.49. The summed E-state index contributed by atoms with van der Waals surface area (Å²) >= 11 is 0. The van der Waals surface area contributed by atoms with Crippen LogP contribution in [0.2, 0.25) is 0 Å². The molecule has 0 N–H and O–H groups in total. The number of pyridine rings is 1. The van der Waals surface area contributed by atoms with Crippen molar-refractivity contribution < 1.29 is 23.7 Å². The number of anilines is 1. The van der Waals surface area contributed by atoms with E-state index in [0.717, 1.165) is 42.7 Å². The first-order chi connectivity index (χ1) is 18.1. The van der Waals surface area contributed by atoms with Gasteiger partial charge in [-0.25, -0.2) is 4.98 Å². The van der Waals surface area contributed by atoms with Crippen LogP contribution in [0.5, 0.6) is 5.88 Å². The minimum Gasteiger partial charge on any atom is -0.488 e. The van der Waals surface area contributed by atoms with Gasteiger partial charge in [-0.05, 0) is 37.3 Å². The van der Waals surface area contributed by atoms with Gasteiger partial charge in [-0.3, -0.25) is 4.79 Å². The minimum absolute atomic E-state index is 0.0604. The summed E-state index contributed by atoms with van der Waals surface area (Å²) in [4.78, 5) is 21.0. The van der Waals surface area contributed by atoms with Crippen molar-refractivity contribution in [2.45, 2.75) is 38.7 Å². The van der Waals surface area contributed by atoms with Crippen LogP contribution in [-0.2, 0) is 19.0 Å². The molecule has 5 rings (SSSR count). The molecule has 2 fully saturated rings. The average Bonchev–Trinajstić information content (AvgIpc) is 3.42. The second-order valence-corrected chi connectivity index (χ2v) is 9.75. The van der Waals surface area contributed by atoms with Gasteiger partial charge in [0.1, 0.15) is 35.5 Å². The summed E-state index contributed by atoms with van der Waals surface area (Å²) in [6, 6.07) is 3.85. The van der Waals surface area contributed by atoms with Crippen molar-refractivity contribution in [2.75, 3.05) is 38.3 Å². The second-order valence-electron chi connectivity index (χ2n) is 9.75. The highest BCUT2D eigenvalue weighted by atomic mass is 16.5. The number of amides is 1. The fraction of sp³-hybridized carbons (Fsp3) is 0.464. The average molecular weight is 505 g/mol. The molecule has 1 aromatic heterocycles. The molecule has 1 amide bonds. The third-order valence-electron chi connectivity index (χ3n) is 7.14. The molecule has 4 heterocycles. The van der Waals surface area contributed by atoms with Gasteiger partial charge < -0.3 is 28.7 Å². The number of methoxy groups -OCH3 is 1. The van der Waals surface area contributed by atoms with Gasteiger partial charge in [0.15, 0.2) is 0 Å². The normalized spacial score (nSPS) is 24.0. The van der Waals surface area contributed by atoms with E-state index in [1.807, 2.05) is 22.1 Å². The smallest absolute Gasteiger partial charge is 0.231 e. The lowest BCUT2D eigenvalue weighted by molar-refractivity contribution is -0.137. The topological polar surface area (TPSA) is 97.2 Å². The number of nitrogens with zero attached hydrogens (tertiary/aromatic N) is 4. The maximum Gasteiger partial charge on any atom is 0.231 e. The lowest BCUT2D eigenvalue weighted by Gasteiger charge is -2.28. The Morgan fingerprint density at radius 2 is 2.11 bits per heavy atom. The van der Waals surface area contributed by atoms with E-state index in [4.69, 9.17) is 18.9 Å². The molecule has 9 nitrogen and oxygen atoms in total. The van der Waals surface area contributed by atoms with Gasteiger partial charge in [0.2, 0.25) is 11.8 Å². The van der Waals surface area contributed by atoms with Crippen LogP contribution in [-0.4, -0.2) is 55.3 Å². The number of allylic oxidation sites excluding steroid dienone is 3. The van der Waals surface area contributed by atoms with Gasteiger partial charge in [0, 0.05) is 43.9 Å². The number of hydrogen-bond acceptors (Lipinski definition) is 8. The molecule has 2 atom stereocenters. The van der Waals surface area contributed by atoms with Crippen molar-refractivity contribution in [1.82, 2.24) is 9.88 Å². The van der Waals surface area contributed by atoms with Crippen molar-refractivity contribution in [2.24, 2.45) is 11.8 Å². The molecule has 1 aromatic rings. The molecule has 3 aliphatic heterocycles. The Hall–Kier alpha value is -3.77. The predicted molar refractivity (Wildman–Crippen MR) is 136 cm³/mol. The first-order valence-corrected chi connectivity index (χ1v) is 12.8. The zero-order chi connectivity index (χ0) is 25.8. The monoisotopic (exact) mass is 504 g/mol. The maximum atomic E-state index is 13.0. The van der Waals surface area contributed by atoms with Crippen LogP contribution >= 0.6 is 0 Å². The molecule has 0 bridgehead atoms. The fourth-order valence-corrected chi connectivity index (χ4v) is 5.09. The summed E-state index contributed by atoms with van der Waals surface area (Å²) in [6.45, 7) is 4.78. The van der Waals surface area contributed by atoms with Crippen LogP contribution in [0.25, 0.3) is 0 Å². The summed E-state index contributed by atoms with van der Waals surface area (Å²) in [7, 11) is 1.49. The number of nitriles is 1. The SMILES string of the molecule is COc1ncc(N2C=COC(C3=C(O[C@H]4CCN(C(=O)C5CCOCC5)C4)C=CC(C)C3)=C2)cc1C#N. The Balaban J connectivity index is 1.33. The van der Waals surface area contributed by atoms with E-state index in [0.29, 0.717) is 49.4 Å². The standard InChI is InChI=1S/C28H32N4O5/c1-19-3-4-25(37-23-5-8-32(17-23)28(33)20-6-10-35-11-7-20)24(13-19)26-18-31(9-12-36-26)22-14-21(15-29)27(34-2)30-16-22/h3-4,9,12,14,16,18-20,23H,5-8,10-11,13,17H2,1-2H3/t19?,23-/m0/s1. The number of rotatable bonds is 6. The Morgan fingerprint density at radius 1 is 1.27 bits per heavy atom. The Labute approximate surface area is 217 Å². The van der Waals surface area contributed by atoms with E-state index in [1.54, 1.807) is 24.7 Å². The molecule has 37 heavy (non-hydrogen) atoms.